The van der Waals surface area contributed by atoms with E-state index in [1.54, 1.807) is 13.8 Å². The number of nitrogens with one attached hydrogen (secondary N) is 1. The van der Waals surface area contributed by atoms with Gasteiger partial charge in [0.1, 0.15) is 0 Å². The van der Waals surface area contributed by atoms with Crippen molar-refractivity contribution in [2.75, 3.05) is 19.7 Å². The highest BCUT2D eigenvalue weighted by atomic mass is 32.2. The quantitative estimate of drug-likeness (QED) is 0.624. The van der Waals surface area contributed by atoms with Crippen LogP contribution in [-0.2, 0) is 19.6 Å². The first-order valence-electron chi connectivity index (χ1n) is 8.86. The van der Waals surface area contributed by atoms with E-state index in [0.29, 0.717) is 13.1 Å². The molecule has 0 unspecified atom stereocenters. The lowest BCUT2D eigenvalue weighted by molar-refractivity contribution is -0.125. The van der Waals surface area contributed by atoms with E-state index in [2.05, 4.69) is 5.32 Å². The summed E-state index contributed by atoms with van der Waals surface area (Å²) in [6, 6.07) is 5.70. The minimum Gasteiger partial charge on any atom is -0.452 e. The van der Waals surface area contributed by atoms with E-state index >= 15 is 0 Å². The van der Waals surface area contributed by atoms with Gasteiger partial charge in [0.15, 0.2) is 6.61 Å². The average Bonchev–Trinajstić information content (AvgIpc) is 2.65. The summed E-state index contributed by atoms with van der Waals surface area (Å²) in [6.45, 7) is 7.69. The summed E-state index contributed by atoms with van der Waals surface area (Å²) < 4.78 is 31.4. The second kappa shape index (κ2) is 10.3. The van der Waals surface area contributed by atoms with Crippen molar-refractivity contribution in [1.29, 1.82) is 0 Å². The first-order chi connectivity index (χ1) is 12.3. The van der Waals surface area contributed by atoms with Crippen molar-refractivity contribution >= 4 is 21.9 Å². The number of ether oxygens (including phenoxy) is 1. The van der Waals surface area contributed by atoms with Crippen LogP contribution in [0, 0.1) is 0 Å². The van der Waals surface area contributed by atoms with E-state index < -0.39 is 22.6 Å². The molecular formula is C18H28N2O5S. The Bertz CT molecular complexity index is 710. The van der Waals surface area contributed by atoms with Crippen LogP contribution in [0.1, 0.15) is 50.9 Å². The molecule has 0 radical (unpaired) electrons. The van der Waals surface area contributed by atoms with E-state index in [0.717, 1.165) is 12.8 Å². The van der Waals surface area contributed by atoms with Crippen molar-refractivity contribution in [2.45, 2.75) is 51.5 Å². The number of hydrogen-bond acceptors (Lipinski definition) is 5. The Morgan fingerprint density at radius 2 is 1.73 bits per heavy atom. The van der Waals surface area contributed by atoms with E-state index in [-0.39, 0.29) is 22.4 Å². The Balaban J connectivity index is 2.82. The summed E-state index contributed by atoms with van der Waals surface area (Å²) >= 11 is 0. The fourth-order valence-corrected chi connectivity index (χ4v) is 3.98. The monoisotopic (exact) mass is 384 g/mol. The summed E-state index contributed by atoms with van der Waals surface area (Å²) in [5, 5.41) is 2.77. The number of sulfonamides is 1. The largest absolute Gasteiger partial charge is 0.452 e. The number of hydrogen-bond donors (Lipinski definition) is 1. The van der Waals surface area contributed by atoms with Crippen LogP contribution in [0.4, 0.5) is 0 Å². The summed E-state index contributed by atoms with van der Waals surface area (Å²) in [5.74, 6) is -1.11. The van der Waals surface area contributed by atoms with Crippen molar-refractivity contribution < 1.29 is 22.7 Å². The SMILES string of the molecule is CCC(CC)NC(=O)COC(=O)c1cccc(S(=O)(=O)N(CC)CC)c1. The smallest absolute Gasteiger partial charge is 0.338 e. The molecule has 0 aliphatic carbocycles. The van der Waals surface area contributed by atoms with Gasteiger partial charge >= 0.3 is 5.97 Å². The molecule has 8 heteroatoms. The van der Waals surface area contributed by atoms with Crippen LogP contribution in [0.15, 0.2) is 29.2 Å². The van der Waals surface area contributed by atoms with Gasteiger partial charge in [-0.15, -0.1) is 0 Å². The summed E-state index contributed by atoms with van der Waals surface area (Å²) in [7, 11) is -3.66. The Morgan fingerprint density at radius 3 is 2.27 bits per heavy atom. The van der Waals surface area contributed by atoms with Crippen LogP contribution in [-0.4, -0.2) is 50.3 Å². The zero-order valence-electron chi connectivity index (χ0n) is 15.8. The highest BCUT2D eigenvalue weighted by Gasteiger charge is 2.23. The molecular weight excluding hydrogens is 356 g/mol. The number of carbonyl (C=O) groups is 2. The van der Waals surface area contributed by atoms with Crippen molar-refractivity contribution in [1.82, 2.24) is 9.62 Å². The molecule has 0 aromatic heterocycles. The minimum atomic E-state index is -3.66. The molecule has 0 spiro atoms. The lowest BCUT2D eigenvalue weighted by Gasteiger charge is -2.18. The van der Waals surface area contributed by atoms with Crippen LogP contribution in [0.2, 0.25) is 0 Å². The second-order valence-corrected chi connectivity index (χ2v) is 7.71. The highest BCUT2D eigenvalue weighted by Crippen LogP contribution is 2.17. The van der Waals surface area contributed by atoms with E-state index in [1.807, 2.05) is 13.8 Å². The van der Waals surface area contributed by atoms with Crippen LogP contribution < -0.4 is 5.32 Å². The molecule has 0 bridgehead atoms. The second-order valence-electron chi connectivity index (χ2n) is 5.77. The van der Waals surface area contributed by atoms with Crippen molar-refractivity contribution in [2.24, 2.45) is 0 Å². The molecule has 7 nitrogen and oxygen atoms in total. The molecule has 146 valence electrons. The molecule has 1 N–H and O–H groups in total. The number of esters is 1. The van der Waals surface area contributed by atoms with Gasteiger partial charge in [-0.3, -0.25) is 4.79 Å². The number of rotatable bonds is 10. The van der Waals surface area contributed by atoms with Crippen LogP contribution in [0.3, 0.4) is 0 Å². The van der Waals surface area contributed by atoms with Gasteiger partial charge in [0.2, 0.25) is 10.0 Å². The third-order valence-electron chi connectivity index (χ3n) is 4.10. The van der Waals surface area contributed by atoms with Gasteiger partial charge in [0.25, 0.3) is 5.91 Å². The molecule has 0 heterocycles. The van der Waals surface area contributed by atoms with Gasteiger partial charge in [-0.05, 0) is 31.0 Å². The molecule has 0 aliphatic rings. The standard InChI is InChI=1S/C18H28N2O5S/c1-5-15(6-2)19-17(21)13-25-18(22)14-10-9-11-16(12-14)26(23,24)20(7-3)8-4/h9-12,15H,5-8,13H2,1-4H3,(H,19,21). The Hall–Kier alpha value is -1.93. The average molecular weight is 384 g/mol. The number of carbonyl (C=O) groups excluding carboxylic acids is 2. The molecule has 0 atom stereocenters. The molecule has 1 rings (SSSR count). The van der Waals surface area contributed by atoms with Crippen molar-refractivity contribution in [3.63, 3.8) is 0 Å². The molecule has 1 amide bonds. The molecule has 1 aromatic rings. The molecule has 0 fully saturated rings. The van der Waals surface area contributed by atoms with Gasteiger partial charge in [-0.1, -0.05) is 33.8 Å². The molecule has 0 saturated heterocycles. The van der Waals surface area contributed by atoms with E-state index in [1.165, 1.54) is 28.6 Å². The number of nitrogens with zero attached hydrogens (tertiary/aromatic N) is 1. The maximum absolute atomic E-state index is 12.5. The highest BCUT2D eigenvalue weighted by molar-refractivity contribution is 7.89. The first kappa shape index (κ1) is 22.1. The third-order valence-corrected chi connectivity index (χ3v) is 6.14. The van der Waals surface area contributed by atoms with Gasteiger partial charge in [0, 0.05) is 19.1 Å². The molecule has 0 aliphatic heterocycles. The predicted molar refractivity (Wildman–Crippen MR) is 99.3 cm³/mol. The van der Waals surface area contributed by atoms with Gasteiger partial charge in [-0.25, -0.2) is 13.2 Å². The summed E-state index contributed by atoms with van der Waals surface area (Å²) in [6.07, 6.45) is 1.59. The third kappa shape index (κ3) is 5.81. The maximum atomic E-state index is 12.5. The summed E-state index contributed by atoms with van der Waals surface area (Å²) in [5.41, 5.74) is 0.0913. The van der Waals surface area contributed by atoms with Gasteiger partial charge < -0.3 is 10.1 Å². The Morgan fingerprint density at radius 1 is 1.12 bits per heavy atom. The van der Waals surface area contributed by atoms with Gasteiger partial charge in [0.05, 0.1) is 10.5 Å². The maximum Gasteiger partial charge on any atom is 0.338 e. The summed E-state index contributed by atoms with van der Waals surface area (Å²) in [4.78, 5) is 24.0. The first-order valence-corrected chi connectivity index (χ1v) is 10.3. The van der Waals surface area contributed by atoms with Crippen LogP contribution >= 0.6 is 0 Å². The lowest BCUT2D eigenvalue weighted by atomic mass is 10.2. The fourth-order valence-electron chi connectivity index (χ4n) is 2.47. The van der Waals surface area contributed by atoms with Crippen molar-refractivity contribution in [3.05, 3.63) is 29.8 Å². The molecule has 0 saturated carbocycles. The molecule has 26 heavy (non-hydrogen) atoms. The topological polar surface area (TPSA) is 92.8 Å². The van der Waals surface area contributed by atoms with Gasteiger partial charge in [-0.2, -0.15) is 4.31 Å². The lowest BCUT2D eigenvalue weighted by Crippen LogP contribution is -2.36. The van der Waals surface area contributed by atoms with E-state index in [9.17, 15) is 18.0 Å². The minimum absolute atomic E-state index is 0.0251. The molecule has 1 aromatic carbocycles. The zero-order valence-corrected chi connectivity index (χ0v) is 16.6. The van der Waals surface area contributed by atoms with Crippen LogP contribution in [0.5, 0.6) is 0 Å². The van der Waals surface area contributed by atoms with Crippen LogP contribution in [0.25, 0.3) is 0 Å². The number of benzene rings is 1. The normalized spacial score (nSPS) is 11.6. The number of amides is 1. The zero-order chi connectivity index (χ0) is 19.7. The Kier molecular flexibility index (Phi) is 8.74. The van der Waals surface area contributed by atoms with Crippen molar-refractivity contribution in [3.8, 4) is 0 Å². The predicted octanol–water partition coefficient (Wildman–Crippen LogP) is 2.18. The fraction of sp³-hybridized carbons (Fsp3) is 0.556. The Labute approximate surface area is 155 Å². The van der Waals surface area contributed by atoms with E-state index in [4.69, 9.17) is 4.74 Å².